The van der Waals surface area contributed by atoms with Gasteiger partial charge >= 0.3 is 0 Å². The molecule has 0 amide bonds. The Morgan fingerprint density at radius 3 is 0.833 bits per heavy atom. The SMILES string of the molecule is O=C([O-])c1nc(C(=O)[O-])c(C(=O)[O-])nc1C(=O)[O-]. The van der Waals surface area contributed by atoms with Crippen LogP contribution in [0.4, 0.5) is 0 Å². The van der Waals surface area contributed by atoms with Crippen molar-refractivity contribution in [3.63, 3.8) is 0 Å². The molecule has 1 aromatic rings. The van der Waals surface area contributed by atoms with Gasteiger partial charge in [-0.3, -0.25) is 0 Å². The van der Waals surface area contributed by atoms with E-state index >= 15 is 0 Å². The number of aromatic carboxylic acids is 4. The van der Waals surface area contributed by atoms with Gasteiger partial charge in [0.25, 0.3) is 0 Å². The van der Waals surface area contributed by atoms with Gasteiger partial charge in [-0.1, -0.05) is 0 Å². The second kappa shape index (κ2) is 4.45. The second-order valence-electron chi connectivity index (χ2n) is 2.77. The number of hydrogen-bond acceptors (Lipinski definition) is 10. The quantitative estimate of drug-likeness (QED) is 0.498. The lowest BCUT2D eigenvalue weighted by Crippen LogP contribution is -2.38. The van der Waals surface area contributed by atoms with Crippen molar-refractivity contribution < 1.29 is 39.6 Å². The molecule has 0 radical (unpaired) electrons. The summed E-state index contributed by atoms with van der Waals surface area (Å²) in [6, 6.07) is 0. The molecule has 18 heavy (non-hydrogen) atoms. The van der Waals surface area contributed by atoms with Gasteiger partial charge in [0.1, 0.15) is 22.8 Å². The maximum Gasteiger partial charge on any atom is 0.114 e. The summed E-state index contributed by atoms with van der Waals surface area (Å²) in [5.74, 6) is -8.69. The highest BCUT2D eigenvalue weighted by Gasteiger charge is 2.16. The number of carbonyl (C=O) groups is 4. The molecule has 10 nitrogen and oxygen atoms in total. The predicted molar refractivity (Wildman–Crippen MR) is 39.4 cm³/mol. The van der Waals surface area contributed by atoms with Crippen LogP contribution in [0, 0.1) is 0 Å². The summed E-state index contributed by atoms with van der Waals surface area (Å²) in [6.45, 7) is 0. The Kier molecular flexibility index (Phi) is 3.22. The molecule has 0 atom stereocenters. The van der Waals surface area contributed by atoms with Gasteiger partial charge in [-0.05, 0) is 0 Å². The lowest BCUT2D eigenvalue weighted by molar-refractivity contribution is -0.262. The van der Waals surface area contributed by atoms with Crippen LogP contribution < -0.4 is 20.4 Å². The first-order valence-electron chi connectivity index (χ1n) is 4.03. The Morgan fingerprint density at radius 2 is 0.722 bits per heavy atom. The summed E-state index contributed by atoms with van der Waals surface area (Å²) in [5, 5.41) is 42.0. The van der Waals surface area contributed by atoms with Gasteiger partial charge in [-0.25, -0.2) is 9.97 Å². The predicted octanol–water partition coefficient (Wildman–Crippen LogP) is -6.07. The normalized spacial score (nSPS) is 9.78. The molecule has 0 aliphatic rings. The molecular weight excluding hydrogens is 252 g/mol. The zero-order valence-corrected chi connectivity index (χ0v) is 8.16. The molecular formula is C8N2O8-4. The van der Waals surface area contributed by atoms with E-state index in [2.05, 4.69) is 9.97 Å². The van der Waals surface area contributed by atoms with Gasteiger partial charge in [-0.15, -0.1) is 0 Å². The zero-order chi connectivity index (χ0) is 14.0. The van der Waals surface area contributed by atoms with E-state index in [1.807, 2.05) is 0 Å². The van der Waals surface area contributed by atoms with Crippen molar-refractivity contribution in [3.8, 4) is 0 Å². The highest BCUT2D eigenvalue weighted by Crippen LogP contribution is 2.08. The first-order chi connectivity index (χ1) is 8.25. The zero-order valence-electron chi connectivity index (χ0n) is 8.16. The topological polar surface area (TPSA) is 186 Å². The molecule has 0 bridgehead atoms. The standard InChI is InChI=1S/C8H4N2O8/c11-5(12)1-2(6(13)14)10-4(8(17)18)3(9-1)7(15)16/h(H,11,12)(H,13,14)(H,15,16)(H,17,18)/p-4. The Bertz CT molecular complexity index is 480. The molecule has 0 unspecified atom stereocenters. The van der Waals surface area contributed by atoms with Gasteiger partial charge in [0.05, 0.1) is 23.9 Å². The molecule has 10 heteroatoms. The average Bonchev–Trinajstić information content (AvgIpc) is 2.26. The molecule has 1 aromatic heterocycles. The number of aromatic nitrogens is 2. The highest BCUT2D eigenvalue weighted by atomic mass is 16.4. The Hall–Kier alpha value is -3.04. The van der Waals surface area contributed by atoms with Crippen LogP contribution >= 0.6 is 0 Å². The van der Waals surface area contributed by atoms with Gasteiger partial charge in [0, 0.05) is 0 Å². The summed E-state index contributed by atoms with van der Waals surface area (Å²) in [7, 11) is 0. The molecule has 1 rings (SSSR count). The van der Waals surface area contributed by atoms with Crippen molar-refractivity contribution >= 4 is 23.9 Å². The molecule has 0 spiro atoms. The third-order valence-electron chi connectivity index (χ3n) is 1.67. The fraction of sp³-hybridized carbons (Fsp3) is 0. The van der Waals surface area contributed by atoms with Crippen LogP contribution in [0.15, 0.2) is 0 Å². The van der Waals surface area contributed by atoms with Crippen molar-refractivity contribution in [2.75, 3.05) is 0 Å². The lowest BCUT2D eigenvalue weighted by Gasteiger charge is -2.16. The Balaban J connectivity index is 3.71. The van der Waals surface area contributed by atoms with Gasteiger partial charge < -0.3 is 39.6 Å². The smallest absolute Gasteiger partial charge is 0.114 e. The van der Waals surface area contributed by atoms with Crippen LogP contribution in [0.5, 0.6) is 0 Å². The number of carbonyl (C=O) groups excluding carboxylic acids is 4. The van der Waals surface area contributed by atoms with E-state index in [1.165, 1.54) is 0 Å². The van der Waals surface area contributed by atoms with Crippen LogP contribution in [0.25, 0.3) is 0 Å². The molecule has 0 aromatic carbocycles. The summed E-state index contributed by atoms with van der Waals surface area (Å²) >= 11 is 0. The first-order valence-corrected chi connectivity index (χ1v) is 4.03. The van der Waals surface area contributed by atoms with Crippen molar-refractivity contribution in [1.82, 2.24) is 9.97 Å². The lowest BCUT2D eigenvalue weighted by atomic mass is 10.2. The fourth-order valence-corrected chi connectivity index (χ4v) is 1.00. The van der Waals surface area contributed by atoms with Gasteiger partial charge in [-0.2, -0.15) is 0 Å². The van der Waals surface area contributed by atoms with Crippen LogP contribution in [-0.2, 0) is 0 Å². The van der Waals surface area contributed by atoms with Crippen molar-refractivity contribution in [2.24, 2.45) is 0 Å². The second-order valence-corrected chi connectivity index (χ2v) is 2.77. The van der Waals surface area contributed by atoms with E-state index in [1.54, 1.807) is 0 Å². The molecule has 94 valence electrons. The third-order valence-corrected chi connectivity index (χ3v) is 1.67. The van der Waals surface area contributed by atoms with Crippen molar-refractivity contribution in [1.29, 1.82) is 0 Å². The number of carboxylic acid groups (broad SMARTS) is 4. The largest absolute Gasteiger partial charge is 0.543 e. The van der Waals surface area contributed by atoms with Crippen LogP contribution in [0.3, 0.4) is 0 Å². The van der Waals surface area contributed by atoms with E-state index in [0.29, 0.717) is 0 Å². The van der Waals surface area contributed by atoms with E-state index < -0.39 is 46.7 Å². The minimum absolute atomic E-state index is 1.39. The molecule has 0 N–H and O–H groups in total. The van der Waals surface area contributed by atoms with Crippen molar-refractivity contribution in [2.45, 2.75) is 0 Å². The summed E-state index contributed by atoms with van der Waals surface area (Å²) in [4.78, 5) is 47.6. The third kappa shape index (κ3) is 2.21. The molecule has 0 saturated carbocycles. The van der Waals surface area contributed by atoms with E-state index in [0.717, 1.165) is 0 Å². The Morgan fingerprint density at radius 1 is 0.556 bits per heavy atom. The molecule has 0 aliphatic heterocycles. The number of carboxylic acids is 4. The summed E-state index contributed by atoms with van der Waals surface area (Å²) in [6.07, 6.45) is 0. The van der Waals surface area contributed by atoms with E-state index in [9.17, 15) is 39.6 Å². The molecule has 0 fully saturated rings. The first kappa shape index (κ1) is 13.0. The van der Waals surface area contributed by atoms with Crippen LogP contribution in [-0.4, -0.2) is 33.8 Å². The number of hydrogen-bond donors (Lipinski definition) is 0. The highest BCUT2D eigenvalue weighted by molar-refractivity contribution is 6.02. The molecule has 0 saturated heterocycles. The fourth-order valence-electron chi connectivity index (χ4n) is 1.00. The maximum absolute atomic E-state index is 10.5. The number of nitrogens with zero attached hydrogens (tertiary/aromatic N) is 2. The van der Waals surface area contributed by atoms with E-state index in [4.69, 9.17) is 0 Å². The Labute approximate surface area is 97.2 Å². The summed E-state index contributed by atoms with van der Waals surface area (Å²) in [5.41, 5.74) is -5.56. The average molecular weight is 252 g/mol. The van der Waals surface area contributed by atoms with Crippen LogP contribution in [0.2, 0.25) is 0 Å². The van der Waals surface area contributed by atoms with Crippen molar-refractivity contribution in [3.05, 3.63) is 22.8 Å². The number of rotatable bonds is 4. The minimum atomic E-state index is -2.17. The van der Waals surface area contributed by atoms with Crippen LogP contribution in [0.1, 0.15) is 42.0 Å². The molecule has 1 heterocycles. The summed E-state index contributed by atoms with van der Waals surface area (Å²) < 4.78 is 0. The van der Waals surface area contributed by atoms with Gasteiger partial charge in [0.15, 0.2) is 0 Å². The monoisotopic (exact) mass is 252 g/mol. The van der Waals surface area contributed by atoms with E-state index in [-0.39, 0.29) is 0 Å². The molecule has 0 aliphatic carbocycles. The maximum atomic E-state index is 10.5. The van der Waals surface area contributed by atoms with Gasteiger partial charge in [0.2, 0.25) is 0 Å². The minimum Gasteiger partial charge on any atom is -0.543 e.